The number of nitrogens with zero attached hydrogens (tertiary/aromatic N) is 5. The molecule has 1 aliphatic heterocycles. The molecule has 2 aromatic heterocycles. The number of benzene rings is 1. The highest BCUT2D eigenvalue weighted by Crippen LogP contribution is 2.28. The fourth-order valence-electron chi connectivity index (χ4n) is 3.56. The van der Waals surface area contributed by atoms with E-state index in [0.717, 1.165) is 30.8 Å². The number of aliphatic hydroxyl groups excluding tert-OH is 1. The number of hydrogen-bond donors (Lipinski definition) is 3. The number of nitrogens with one attached hydrogen (secondary N) is 2. The maximum Gasteiger partial charge on any atom is 0.227 e. The molecule has 1 fully saturated rings. The number of rotatable bonds is 7. The van der Waals surface area contributed by atoms with Crippen molar-refractivity contribution in [2.24, 2.45) is 0 Å². The van der Waals surface area contributed by atoms with Crippen LogP contribution in [0, 0.1) is 5.82 Å². The van der Waals surface area contributed by atoms with E-state index in [0.29, 0.717) is 17.6 Å². The van der Waals surface area contributed by atoms with E-state index in [2.05, 4.69) is 35.5 Å². The van der Waals surface area contributed by atoms with Crippen LogP contribution in [0.4, 0.5) is 27.8 Å². The zero-order valence-corrected chi connectivity index (χ0v) is 17.9. The number of aromatic nitrogens is 4. The molecule has 31 heavy (non-hydrogen) atoms. The fourth-order valence-corrected chi connectivity index (χ4v) is 3.56. The third-order valence-corrected chi connectivity index (χ3v) is 5.13. The van der Waals surface area contributed by atoms with Crippen LogP contribution in [0.15, 0.2) is 48.9 Å². The first-order chi connectivity index (χ1) is 14.6. The summed E-state index contributed by atoms with van der Waals surface area (Å²) in [6, 6.07) is 8.08. The Bertz CT molecular complexity index is 977. The van der Waals surface area contributed by atoms with Gasteiger partial charge in [-0.05, 0) is 37.5 Å². The molecule has 3 N–H and O–H groups in total. The second-order valence-electron chi connectivity index (χ2n) is 7.24. The normalized spacial score (nSPS) is 16.5. The lowest BCUT2D eigenvalue weighted by atomic mass is 10.1. The van der Waals surface area contributed by atoms with E-state index < -0.39 is 0 Å². The zero-order chi connectivity index (χ0) is 20.9. The first-order valence-corrected chi connectivity index (χ1v) is 9.94. The monoisotopic (exact) mass is 445 g/mol. The quantitative estimate of drug-likeness (QED) is 0.506. The SMILES string of the molecule is C[C@H](Nc1nc(Nc2cnccn2)cc(N2CCCC2CO)n1)c1ccc(F)cc1.Cl. The Kier molecular flexibility index (Phi) is 7.54. The van der Waals surface area contributed by atoms with E-state index in [4.69, 9.17) is 0 Å². The van der Waals surface area contributed by atoms with E-state index in [-0.39, 0.29) is 36.9 Å². The molecule has 1 aromatic carbocycles. The minimum Gasteiger partial charge on any atom is -0.394 e. The second kappa shape index (κ2) is 10.3. The highest BCUT2D eigenvalue weighted by atomic mass is 35.5. The molecule has 0 saturated carbocycles. The number of halogens is 2. The Labute approximate surface area is 186 Å². The minimum atomic E-state index is -0.274. The van der Waals surface area contributed by atoms with Gasteiger partial charge in [-0.2, -0.15) is 9.97 Å². The van der Waals surface area contributed by atoms with Gasteiger partial charge in [-0.15, -0.1) is 12.4 Å². The third kappa shape index (κ3) is 5.56. The van der Waals surface area contributed by atoms with Crippen LogP contribution >= 0.6 is 12.4 Å². The van der Waals surface area contributed by atoms with Crippen molar-refractivity contribution in [1.29, 1.82) is 0 Å². The maximum atomic E-state index is 13.2. The average molecular weight is 446 g/mol. The Morgan fingerprint density at radius 2 is 2.00 bits per heavy atom. The van der Waals surface area contributed by atoms with Gasteiger partial charge in [0.1, 0.15) is 23.3 Å². The molecule has 0 amide bonds. The van der Waals surface area contributed by atoms with Crippen LogP contribution in [0.2, 0.25) is 0 Å². The lowest BCUT2D eigenvalue weighted by Gasteiger charge is -2.25. The van der Waals surface area contributed by atoms with Gasteiger partial charge in [-0.3, -0.25) is 4.98 Å². The highest BCUT2D eigenvalue weighted by molar-refractivity contribution is 5.85. The fraction of sp³-hybridized carbons (Fsp3) is 0.333. The standard InChI is InChI=1S/C21H24FN7O.ClH/c1-14(15-4-6-16(22)7-5-15)25-21-27-18(26-19-12-23-8-9-24-19)11-20(28-21)29-10-2-3-17(29)13-30;/h4-9,11-12,14,17,30H,2-3,10,13H2,1H3,(H2,24,25,26,27,28);1H/t14-,17?;/m0./s1. The average Bonchev–Trinajstić information content (AvgIpc) is 3.24. The van der Waals surface area contributed by atoms with Crippen molar-refractivity contribution in [3.63, 3.8) is 0 Å². The molecule has 164 valence electrons. The predicted octanol–water partition coefficient (Wildman–Crippen LogP) is 3.71. The van der Waals surface area contributed by atoms with Crippen LogP contribution in [-0.4, -0.2) is 44.2 Å². The molecule has 0 radical (unpaired) electrons. The van der Waals surface area contributed by atoms with Crippen LogP contribution in [0.25, 0.3) is 0 Å². The van der Waals surface area contributed by atoms with Crippen molar-refractivity contribution in [3.8, 4) is 0 Å². The highest BCUT2D eigenvalue weighted by Gasteiger charge is 2.26. The van der Waals surface area contributed by atoms with Gasteiger partial charge in [-0.1, -0.05) is 12.1 Å². The largest absolute Gasteiger partial charge is 0.394 e. The number of anilines is 4. The van der Waals surface area contributed by atoms with E-state index in [9.17, 15) is 9.50 Å². The van der Waals surface area contributed by atoms with Gasteiger partial charge in [0.05, 0.1) is 24.9 Å². The molecule has 0 spiro atoms. The summed E-state index contributed by atoms with van der Waals surface area (Å²) in [5, 5.41) is 16.2. The Hall–Kier alpha value is -3.04. The lowest BCUT2D eigenvalue weighted by Crippen LogP contribution is -2.33. The Morgan fingerprint density at radius 1 is 1.19 bits per heavy atom. The molecule has 4 rings (SSSR count). The van der Waals surface area contributed by atoms with Gasteiger partial charge in [0.25, 0.3) is 0 Å². The van der Waals surface area contributed by atoms with Crippen molar-refractivity contribution in [2.45, 2.75) is 31.8 Å². The molecular weight excluding hydrogens is 421 g/mol. The summed E-state index contributed by atoms with van der Waals surface area (Å²) < 4.78 is 13.2. The molecule has 10 heteroatoms. The summed E-state index contributed by atoms with van der Waals surface area (Å²) in [6.07, 6.45) is 6.73. The van der Waals surface area contributed by atoms with E-state index in [1.54, 1.807) is 30.7 Å². The van der Waals surface area contributed by atoms with Gasteiger partial charge in [0.2, 0.25) is 5.95 Å². The van der Waals surface area contributed by atoms with Gasteiger partial charge in [0.15, 0.2) is 0 Å². The zero-order valence-electron chi connectivity index (χ0n) is 17.1. The van der Waals surface area contributed by atoms with Crippen molar-refractivity contribution >= 4 is 35.8 Å². The van der Waals surface area contributed by atoms with E-state index in [1.807, 2.05) is 13.0 Å². The molecule has 1 saturated heterocycles. The Balaban J connectivity index is 0.00000272. The van der Waals surface area contributed by atoms with Gasteiger partial charge >= 0.3 is 0 Å². The van der Waals surface area contributed by atoms with Gasteiger partial charge < -0.3 is 20.6 Å². The first-order valence-electron chi connectivity index (χ1n) is 9.94. The maximum absolute atomic E-state index is 13.2. The van der Waals surface area contributed by atoms with E-state index >= 15 is 0 Å². The molecule has 8 nitrogen and oxygen atoms in total. The lowest BCUT2D eigenvalue weighted by molar-refractivity contribution is 0.266. The molecule has 0 aliphatic carbocycles. The third-order valence-electron chi connectivity index (χ3n) is 5.13. The van der Waals surface area contributed by atoms with Gasteiger partial charge in [0, 0.05) is 25.0 Å². The van der Waals surface area contributed by atoms with Crippen molar-refractivity contribution in [1.82, 2.24) is 19.9 Å². The summed E-state index contributed by atoms with van der Waals surface area (Å²) in [5.74, 6) is 2.02. The molecule has 1 unspecified atom stereocenters. The van der Waals surface area contributed by atoms with Crippen molar-refractivity contribution in [3.05, 3.63) is 60.3 Å². The number of aliphatic hydroxyl groups is 1. The first kappa shape index (κ1) is 22.6. The molecular formula is C21H25ClFN7O. The second-order valence-corrected chi connectivity index (χ2v) is 7.24. The molecule has 2 atom stereocenters. The summed E-state index contributed by atoms with van der Waals surface area (Å²) in [6.45, 7) is 2.86. The molecule has 3 heterocycles. The van der Waals surface area contributed by atoms with Crippen molar-refractivity contribution in [2.75, 3.05) is 28.7 Å². The van der Waals surface area contributed by atoms with Crippen LogP contribution in [0.3, 0.4) is 0 Å². The summed E-state index contributed by atoms with van der Waals surface area (Å²) in [4.78, 5) is 19.6. The molecule has 3 aromatic rings. The minimum absolute atomic E-state index is 0. The van der Waals surface area contributed by atoms with E-state index in [1.165, 1.54) is 12.1 Å². The van der Waals surface area contributed by atoms with Crippen molar-refractivity contribution < 1.29 is 9.50 Å². The Morgan fingerprint density at radius 3 is 2.71 bits per heavy atom. The summed E-state index contributed by atoms with van der Waals surface area (Å²) in [5.41, 5.74) is 0.920. The number of hydrogen-bond acceptors (Lipinski definition) is 8. The van der Waals surface area contributed by atoms with Crippen LogP contribution in [0.5, 0.6) is 0 Å². The summed E-state index contributed by atoms with van der Waals surface area (Å²) >= 11 is 0. The molecule has 1 aliphatic rings. The molecule has 0 bridgehead atoms. The topological polar surface area (TPSA) is 99.1 Å². The van der Waals surface area contributed by atoms with Gasteiger partial charge in [-0.25, -0.2) is 9.37 Å². The summed E-state index contributed by atoms with van der Waals surface area (Å²) in [7, 11) is 0. The van der Waals surface area contributed by atoms with Crippen LogP contribution < -0.4 is 15.5 Å². The smallest absolute Gasteiger partial charge is 0.227 e. The van der Waals surface area contributed by atoms with Crippen LogP contribution in [0.1, 0.15) is 31.4 Å². The predicted molar refractivity (Wildman–Crippen MR) is 120 cm³/mol. The van der Waals surface area contributed by atoms with Crippen LogP contribution in [-0.2, 0) is 0 Å².